The van der Waals surface area contributed by atoms with Crippen molar-refractivity contribution in [2.45, 2.75) is 62.9 Å². The molecule has 326 valence electrons. The number of carbonyl (C=O) groups is 1. The summed E-state index contributed by atoms with van der Waals surface area (Å²) in [5.74, 6) is -0.462. The van der Waals surface area contributed by atoms with E-state index in [0.717, 1.165) is 67.3 Å². The first-order chi connectivity index (χ1) is 29.7. The Morgan fingerprint density at radius 2 is 1.74 bits per heavy atom. The van der Waals surface area contributed by atoms with Gasteiger partial charge in [0.2, 0.25) is 0 Å². The molecule has 4 aromatic carbocycles. The predicted octanol–water partition coefficient (Wildman–Crippen LogP) is 9.13. The van der Waals surface area contributed by atoms with Crippen molar-refractivity contribution in [1.82, 2.24) is 9.62 Å². The average molecular weight is 885 g/mol. The Morgan fingerprint density at radius 3 is 2.48 bits per heavy atom. The van der Waals surface area contributed by atoms with Gasteiger partial charge < -0.3 is 19.7 Å². The number of nitro groups is 1. The zero-order valence-electron chi connectivity index (χ0n) is 34.8. The molecule has 0 atom stereocenters. The minimum Gasteiger partial charge on any atom is -0.454 e. The summed E-state index contributed by atoms with van der Waals surface area (Å²) in [4.78, 5) is 33.9. The zero-order chi connectivity index (χ0) is 43.6. The summed E-state index contributed by atoms with van der Waals surface area (Å²) in [5.41, 5.74) is 4.35. The SMILES string of the molecule is CC1(C)CCC(CN2CCN(c3ccc(C(=O)NS(=O)(=O)c4ccc(NCC5(F)CCOCC5)c([N+](=O)[O-])c4)c(Oc4cccc5c4N=CC5)c3)CC2)=C(c2ccc(Cl)cc2)C1. The Kier molecular flexibility index (Phi) is 12.4. The first-order valence-electron chi connectivity index (χ1n) is 20.9. The molecule has 0 aromatic heterocycles. The van der Waals surface area contributed by atoms with E-state index in [9.17, 15) is 23.3 Å². The molecule has 16 heteroatoms. The molecular formula is C46H50ClFN6O7S. The number of sulfonamides is 1. The molecule has 1 amide bonds. The molecule has 4 aliphatic rings. The van der Waals surface area contributed by atoms with Gasteiger partial charge in [-0.15, -0.1) is 0 Å². The van der Waals surface area contributed by atoms with Gasteiger partial charge in [-0.2, -0.15) is 0 Å². The van der Waals surface area contributed by atoms with E-state index in [0.29, 0.717) is 30.9 Å². The first kappa shape index (κ1) is 43.3. The van der Waals surface area contributed by atoms with Gasteiger partial charge in [0.25, 0.3) is 21.6 Å². The van der Waals surface area contributed by atoms with Crippen molar-refractivity contribution in [1.29, 1.82) is 0 Å². The summed E-state index contributed by atoms with van der Waals surface area (Å²) in [6, 6.07) is 21.9. The molecular weight excluding hydrogens is 835 g/mol. The van der Waals surface area contributed by atoms with Gasteiger partial charge in [-0.25, -0.2) is 17.5 Å². The van der Waals surface area contributed by atoms with E-state index in [1.54, 1.807) is 24.4 Å². The molecule has 4 aromatic rings. The van der Waals surface area contributed by atoms with Crippen molar-refractivity contribution in [3.63, 3.8) is 0 Å². The highest BCUT2D eigenvalue weighted by Gasteiger charge is 2.34. The predicted molar refractivity (Wildman–Crippen MR) is 240 cm³/mol. The fraction of sp³-hybridized carbons (Fsp3) is 0.391. The fourth-order valence-corrected chi connectivity index (χ4v) is 9.69. The number of amides is 1. The third kappa shape index (κ3) is 9.81. The summed E-state index contributed by atoms with van der Waals surface area (Å²) in [6.45, 7) is 8.82. The standard InChI is InChI=1S/C46H50ClFN6O7S/c1-45(2)16-14-33(38(28-45)31-6-8-34(47)9-7-31)29-52-20-22-53(23-21-52)35-10-12-37(42(26-35)61-41-5-3-4-32-15-19-49-43(32)41)44(55)51-62(58,59)36-11-13-39(40(27-36)54(56)57)50-30-46(48)17-24-60-25-18-46/h3-13,19,26-27,50H,14-18,20-25,28-30H2,1-2H3,(H,51,55). The number of benzene rings is 4. The molecule has 1 aliphatic carbocycles. The number of aliphatic imine (C=N–C) groups is 1. The summed E-state index contributed by atoms with van der Waals surface area (Å²) in [5, 5.41) is 15.6. The number of piperazine rings is 1. The van der Waals surface area contributed by atoms with Gasteiger partial charge in [-0.3, -0.25) is 24.8 Å². The molecule has 2 fully saturated rings. The van der Waals surface area contributed by atoms with E-state index in [-0.39, 0.29) is 55.0 Å². The van der Waals surface area contributed by atoms with Gasteiger partial charge in [0.1, 0.15) is 22.8 Å². The van der Waals surface area contributed by atoms with Crippen molar-refractivity contribution in [3.8, 4) is 11.5 Å². The second-order valence-electron chi connectivity index (χ2n) is 17.2. The Bertz CT molecular complexity index is 2530. The number of carbonyl (C=O) groups excluding carboxylic acids is 1. The Morgan fingerprint density at radius 1 is 0.984 bits per heavy atom. The number of alkyl halides is 1. The van der Waals surface area contributed by atoms with Crippen LogP contribution in [-0.4, -0.2) is 88.5 Å². The van der Waals surface area contributed by atoms with E-state index in [1.807, 2.05) is 24.3 Å². The number of nitrogens with one attached hydrogen (secondary N) is 2. The van der Waals surface area contributed by atoms with Crippen LogP contribution in [-0.2, 0) is 21.2 Å². The van der Waals surface area contributed by atoms with E-state index in [2.05, 4.69) is 50.8 Å². The van der Waals surface area contributed by atoms with E-state index in [1.165, 1.54) is 28.8 Å². The number of rotatable bonds is 13. The van der Waals surface area contributed by atoms with Crippen LogP contribution in [0.3, 0.4) is 0 Å². The van der Waals surface area contributed by atoms with Crippen molar-refractivity contribution in [2.24, 2.45) is 10.4 Å². The number of nitrogens with zero attached hydrogens (tertiary/aromatic N) is 4. The maximum Gasteiger partial charge on any atom is 0.293 e. The van der Waals surface area contributed by atoms with Gasteiger partial charge in [0.15, 0.2) is 5.75 Å². The van der Waals surface area contributed by atoms with Crippen molar-refractivity contribution in [2.75, 3.05) is 62.7 Å². The van der Waals surface area contributed by atoms with Gasteiger partial charge in [0.05, 0.1) is 15.4 Å². The van der Waals surface area contributed by atoms with Crippen LogP contribution in [0.15, 0.2) is 94.3 Å². The molecule has 62 heavy (non-hydrogen) atoms. The second-order valence-corrected chi connectivity index (χ2v) is 19.4. The lowest BCUT2D eigenvalue weighted by atomic mass is 9.72. The largest absolute Gasteiger partial charge is 0.454 e. The second kappa shape index (κ2) is 17.8. The minimum absolute atomic E-state index is 0.0493. The van der Waals surface area contributed by atoms with Crippen LogP contribution in [0.25, 0.3) is 5.57 Å². The van der Waals surface area contributed by atoms with Crippen LogP contribution < -0.4 is 19.7 Å². The molecule has 0 radical (unpaired) electrons. The van der Waals surface area contributed by atoms with Crippen LogP contribution in [0.5, 0.6) is 11.5 Å². The lowest BCUT2D eigenvalue weighted by Crippen LogP contribution is -2.47. The quantitative estimate of drug-likeness (QED) is 0.0981. The molecule has 3 heterocycles. The lowest BCUT2D eigenvalue weighted by Gasteiger charge is -2.39. The van der Waals surface area contributed by atoms with Crippen molar-refractivity contribution >= 4 is 62.1 Å². The molecule has 8 rings (SSSR count). The number of ether oxygens (including phenoxy) is 2. The molecule has 0 unspecified atom stereocenters. The van der Waals surface area contributed by atoms with Crippen LogP contribution in [0, 0.1) is 15.5 Å². The highest BCUT2D eigenvalue weighted by atomic mass is 35.5. The zero-order valence-corrected chi connectivity index (χ0v) is 36.4. The monoisotopic (exact) mass is 884 g/mol. The van der Waals surface area contributed by atoms with Gasteiger partial charge in [0, 0.05) is 101 Å². The average Bonchev–Trinajstić information content (AvgIpc) is 3.74. The van der Waals surface area contributed by atoms with Crippen LogP contribution in [0.2, 0.25) is 5.02 Å². The van der Waals surface area contributed by atoms with E-state index >= 15 is 4.39 Å². The highest BCUT2D eigenvalue weighted by Crippen LogP contribution is 2.44. The Labute approximate surface area is 366 Å². The molecule has 3 aliphatic heterocycles. The van der Waals surface area contributed by atoms with Crippen LogP contribution >= 0.6 is 11.6 Å². The third-order valence-electron chi connectivity index (χ3n) is 12.3. The van der Waals surface area contributed by atoms with Crippen molar-refractivity contribution in [3.05, 3.63) is 116 Å². The molecule has 13 nitrogen and oxygen atoms in total. The van der Waals surface area contributed by atoms with E-state index in [4.69, 9.17) is 21.1 Å². The molecule has 0 spiro atoms. The Balaban J connectivity index is 1.01. The maximum absolute atomic E-state index is 15.2. The molecule has 2 saturated heterocycles. The van der Waals surface area contributed by atoms with Gasteiger partial charge >= 0.3 is 0 Å². The fourth-order valence-electron chi connectivity index (χ4n) is 8.58. The van der Waals surface area contributed by atoms with Gasteiger partial charge in [-0.1, -0.05) is 55.3 Å². The van der Waals surface area contributed by atoms with E-state index < -0.39 is 37.1 Å². The third-order valence-corrected chi connectivity index (χ3v) is 13.8. The summed E-state index contributed by atoms with van der Waals surface area (Å²) in [6.07, 6.45) is 5.82. The number of hydrogen-bond donors (Lipinski definition) is 2. The first-order valence-corrected chi connectivity index (χ1v) is 22.8. The number of allylic oxidation sites excluding steroid dienone is 1. The number of halogens is 2. The van der Waals surface area contributed by atoms with Crippen molar-refractivity contribution < 1.29 is 32.0 Å². The highest BCUT2D eigenvalue weighted by molar-refractivity contribution is 7.90. The Hall–Kier alpha value is -5.35. The summed E-state index contributed by atoms with van der Waals surface area (Å²) < 4.78 is 56.3. The topological polar surface area (TPSA) is 156 Å². The lowest BCUT2D eigenvalue weighted by molar-refractivity contribution is -0.384. The molecule has 0 bridgehead atoms. The number of nitro benzene ring substituents is 1. The minimum atomic E-state index is -4.63. The number of hydrogen-bond acceptors (Lipinski definition) is 11. The number of fused-ring (bicyclic) bond motifs is 1. The smallest absolute Gasteiger partial charge is 0.293 e. The van der Waals surface area contributed by atoms with Crippen LogP contribution in [0.4, 0.5) is 27.1 Å². The maximum atomic E-state index is 15.2. The molecule has 0 saturated carbocycles. The molecule has 2 N–H and O–H groups in total. The normalized spacial score (nSPS) is 18.6. The van der Waals surface area contributed by atoms with Gasteiger partial charge in [-0.05, 0) is 83.8 Å². The summed E-state index contributed by atoms with van der Waals surface area (Å²) in [7, 11) is -4.63. The van der Waals surface area contributed by atoms with Crippen LogP contribution in [0.1, 0.15) is 67.4 Å². The number of para-hydroxylation sites is 1. The summed E-state index contributed by atoms with van der Waals surface area (Å²) >= 11 is 6.24. The number of anilines is 2.